The summed E-state index contributed by atoms with van der Waals surface area (Å²) in [5, 5.41) is 8.49. The zero-order chi connectivity index (χ0) is 11.8. The third-order valence-corrected chi connectivity index (χ3v) is 2.58. The average Bonchev–Trinajstić information content (AvgIpc) is 2.65. The second-order valence-electron chi connectivity index (χ2n) is 3.84. The van der Waals surface area contributed by atoms with Crippen LogP contribution < -0.4 is 5.48 Å². The van der Waals surface area contributed by atoms with Crippen LogP contribution in [0.5, 0.6) is 0 Å². The molecule has 1 aliphatic carbocycles. The summed E-state index contributed by atoms with van der Waals surface area (Å²) < 4.78 is 0. The van der Waals surface area contributed by atoms with Crippen LogP contribution in [-0.2, 0) is 9.63 Å². The number of allylic oxidation sites excluding steroid dienone is 3. The summed E-state index contributed by atoms with van der Waals surface area (Å²) in [5.41, 5.74) is 5.18. The smallest absolute Gasteiger partial charge is 0.303 e. The molecule has 0 radical (unpaired) electrons. The second-order valence-corrected chi connectivity index (χ2v) is 3.84. The minimum Gasteiger partial charge on any atom is -0.481 e. The molecule has 0 saturated carbocycles. The van der Waals surface area contributed by atoms with Crippen LogP contribution in [0.3, 0.4) is 0 Å². The lowest BCUT2D eigenvalue weighted by Crippen LogP contribution is -2.11. The first-order valence-electron chi connectivity index (χ1n) is 5.64. The van der Waals surface area contributed by atoms with Gasteiger partial charge in [0.2, 0.25) is 0 Å². The zero-order valence-electron chi connectivity index (χ0n) is 9.66. The van der Waals surface area contributed by atoms with Crippen LogP contribution in [0.4, 0.5) is 0 Å². The fourth-order valence-corrected chi connectivity index (χ4v) is 1.78. The monoisotopic (exact) mass is 225 g/mol. The van der Waals surface area contributed by atoms with Crippen LogP contribution in [0.25, 0.3) is 0 Å². The van der Waals surface area contributed by atoms with E-state index >= 15 is 0 Å². The SMILES string of the molecule is CONC1=CCC=C1CCCCCC(=O)O. The van der Waals surface area contributed by atoms with Gasteiger partial charge >= 0.3 is 5.97 Å². The van der Waals surface area contributed by atoms with Crippen molar-refractivity contribution in [1.82, 2.24) is 5.48 Å². The third kappa shape index (κ3) is 4.49. The molecule has 0 fully saturated rings. The van der Waals surface area contributed by atoms with Gasteiger partial charge < -0.3 is 5.11 Å². The summed E-state index contributed by atoms with van der Waals surface area (Å²) >= 11 is 0. The highest BCUT2D eigenvalue weighted by molar-refractivity contribution is 5.66. The predicted octanol–water partition coefficient (Wildman–Crippen LogP) is 2.39. The molecular formula is C12H19NO3. The Balaban J connectivity index is 2.13. The zero-order valence-corrected chi connectivity index (χ0v) is 9.66. The standard InChI is InChI=1S/C12H19NO3/c1-16-13-11-8-5-7-10(11)6-3-2-4-9-12(14)15/h7-8,13H,2-6,9H2,1H3,(H,14,15). The number of rotatable bonds is 8. The first-order valence-corrected chi connectivity index (χ1v) is 5.64. The van der Waals surface area contributed by atoms with Gasteiger partial charge in [-0.2, -0.15) is 0 Å². The number of hydroxylamine groups is 1. The van der Waals surface area contributed by atoms with Crippen molar-refractivity contribution in [3.63, 3.8) is 0 Å². The molecule has 0 aromatic carbocycles. The van der Waals surface area contributed by atoms with Crippen LogP contribution in [0, 0.1) is 0 Å². The lowest BCUT2D eigenvalue weighted by atomic mass is 10.1. The molecule has 0 spiro atoms. The lowest BCUT2D eigenvalue weighted by molar-refractivity contribution is -0.137. The van der Waals surface area contributed by atoms with Crippen molar-refractivity contribution in [3.8, 4) is 0 Å². The van der Waals surface area contributed by atoms with Crippen LogP contribution in [0.15, 0.2) is 23.4 Å². The summed E-state index contributed by atoms with van der Waals surface area (Å²) in [4.78, 5) is 15.2. The van der Waals surface area contributed by atoms with E-state index in [0.717, 1.165) is 37.8 Å². The summed E-state index contributed by atoms with van der Waals surface area (Å²) in [6.45, 7) is 0. The number of carboxylic acids is 1. The largest absolute Gasteiger partial charge is 0.481 e. The molecule has 4 heteroatoms. The molecule has 16 heavy (non-hydrogen) atoms. The quantitative estimate of drug-likeness (QED) is 0.492. The topological polar surface area (TPSA) is 58.6 Å². The van der Waals surface area contributed by atoms with Gasteiger partial charge in [-0.1, -0.05) is 18.6 Å². The molecule has 0 unspecified atom stereocenters. The number of hydrogen-bond donors (Lipinski definition) is 2. The fraction of sp³-hybridized carbons (Fsp3) is 0.583. The van der Waals surface area contributed by atoms with Crippen LogP contribution in [0.2, 0.25) is 0 Å². The number of aliphatic carboxylic acids is 1. The minimum atomic E-state index is -0.707. The van der Waals surface area contributed by atoms with E-state index < -0.39 is 5.97 Å². The summed E-state index contributed by atoms with van der Waals surface area (Å²) in [6.07, 6.45) is 9.25. The molecule has 0 aromatic heterocycles. The minimum absolute atomic E-state index is 0.276. The highest BCUT2D eigenvalue weighted by Gasteiger charge is 2.09. The van der Waals surface area contributed by atoms with Gasteiger partial charge in [-0.15, -0.1) is 0 Å². The Labute approximate surface area is 95.9 Å². The summed E-state index contributed by atoms with van der Waals surface area (Å²) in [5.74, 6) is -0.707. The molecule has 0 heterocycles. The van der Waals surface area contributed by atoms with E-state index in [4.69, 9.17) is 9.94 Å². The Bertz CT molecular complexity index is 295. The maximum absolute atomic E-state index is 10.3. The van der Waals surface area contributed by atoms with Gasteiger partial charge in [0.15, 0.2) is 0 Å². The first-order chi connectivity index (χ1) is 7.74. The fourth-order valence-electron chi connectivity index (χ4n) is 1.78. The van der Waals surface area contributed by atoms with Crippen molar-refractivity contribution in [2.45, 2.75) is 38.5 Å². The highest BCUT2D eigenvalue weighted by Crippen LogP contribution is 2.22. The normalized spacial score (nSPS) is 14.6. The van der Waals surface area contributed by atoms with E-state index in [1.807, 2.05) is 0 Å². The van der Waals surface area contributed by atoms with Gasteiger partial charge in [-0.25, -0.2) is 0 Å². The second kappa shape index (κ2) is 7.06. The number of carboxylic acid groups (broad SMARTS) is 1. The number of unbranched alkanes of at least 4 members (excludes halogenated alkanes) is 2. The number of nitrogens with one attached hydrogen (secondary N) is 1. The van der Waals surface area contributed by atoms with Crippen LogP contribution in [0.1, 0.15) is 38.5 Å². The van der Waals surface area contributed by atoms with Crippen LogP contribution in [-0.4, -0.2) is 18.2 Å². The third-order valence-electron chi connectivity index (χ3n) is 2.58. The average molecular weight is 225 g/mol. The van der Waals surface area contributed by atoms with Gasteiger partial charge in [0.05, 0.1) is 12.8 Å². The Morgan fingerprint density at radius 3 is 2.94 bits per heavy atom. The predicted molar refractivity (Wildman–Crippen MR) is 61.6 cm³/mol. The Morgan fingerprint density at radius 1 is 1.44 bits per heavy atom. The molecule has 2 N–H and O–H groups in total. The molecule has 1 aliphatic rings. The summed E-state index contributed by atoms with van der Waals surface area (Å²) in [6, 6.07) is 0. The van der Waals surface area contributed by atoms with E-state index in [9.17, 15) is 4.79 Å². The molecule has 0 aliphatic heterocycles. The van der Waals surface area contributed by atoms with Crippen LogP contribution >= 0.6 is 0 Å². The molecule has 90 valence electrons. The van der Waals surface area contributed by atoms with Crippen molar-refractivity contribution >= 4 is 5.97 Å². The molecule has 0 atom stereocenters. The number of hydrogen-bond acceptors (Lipinski definition) is 3. The first kappa shape index (κ1) is 12.8. The van der Waals surface area contributed by atoms with E-state index in [0.29, 0.717) is 0 Å². The van der Waals surface area contributed by atoms with Gasteiger partial charge in [0.25, 0.3) is 0 Å². The van der Waals surface area contributed by atoms with Gasteiger partial charge in [0, 0.05) is 6.42 Å². The number of carbonyl (C=O) groups is 1. The van der Waals surface area contributed by atoms with E-state index in [2.05, 4.69) is 17.6 Å². The van der Waals surface area contributed by atoms with Crippen molar-refractivity contribution < 1.29 is 14.7 Å². The molecule has 1 rings (SSSR count). The van der Waals surface area contributed by atoms with Gasteiger partial charge in [-0.3, -0.25) is 15.1 Å². The lowest BCUT2D eigenvalue weighted by Gasteiger charge is -2.09. The molecular weight excluding hydrogens is 206 g/mol. The van der Waals surface area contributed by atoms with Crippen molar-refractivity contribution in [1.29, 1.82) is 0 Å². The molecule has 0 amide bonds. The Kier molecular flexibility index (Phi) is 5.64. The molecule has 0 aromatic rings. The Morgan fingerprint density at radius 2 is 2.25 bits per heavy atom. The summed E-state index contributed by atoms with van der Waals surface area (Å²) in [7, 11) is 1.60. The van der Waals surface area contributed by atoms with Crippen molar-refractivity contribution in [2.75, 3.05) is 7.11 Å². The van der Waals surface area contributed by atoms with Gasteiger partial charge in [-0.05, 0) is 31.3 Å². The molecule has 0 bridgehead atoms. The maximum Gasteiger partial charge on any atom is 0.303 e. The van der Waals surface area contributed by atoms with E-state index in [1.165, 1.54) is 5.57 Å². The van der Waals surface area contributed by atoms with E-state index in [-0.39, 0.29) is 6.42 Å². The Hall–Kier alpha value is -1.29. The highest BCUT2D eigenvalue weighted by atomic mass is 16.6. The maximum atomic E-state index is 10.3. The van der Waals surface area contributed by atoms with Crippen molar-refractivity contribution in [2.24, 2.45) is 0 Å². The molecule has 4 nitrogen and oxygen atoms in total. The van der Waals surface area contributed by atoms with E-state index in [1.54, 1.807) is 7.11 Å². The molecule has 0 saturated heterocycles. The van der Waals surface area contributed by atoms with Gasteiger partial charge in [0.1, 0.15) is 0 Å². The van der Waals surface area contributed by atoms with Crippen molar-refractivity contribution in [3.05, 3.63) is 23.4 Å².